The molecule has 2 unspecified atom stereocenters. The maximum Gasteiger partial charge on any atom is 0.148 e. The van der Waals surface area contributed by atoms with Crippen molar-refractivity contribution in [1.82, 2.24) is 25.1 Å². The van der Waals surface area contributed by atoms with Crippen molar-refractivity contribution in [2.24, 2.45) is 5.92 Å². The molecule has 0 aliphatic carbocycles. The molecule has 3 aromatic rings. The number of anilines is 1. The lowest BCUT2D eigenvalue weighted by Gasteiger charge is -2.29. The van der Waals surface area contributed by atoms with E-state index in [1.165, 1.54) is 25.7 Å². The van der Waals surface area contributed by atoms with Crippen LogP contribution >= 0.6 is 0 Å². The van der Waals surface area contributed by atoms with E-state index in [1.54, 1.807) is 12.4 Å². The highest BCUT2D eigenvalue weighted by atomic mass is 16.3. The van der Waals surface area contributed by atoms with Crippen molar-refractivity contribution in [2.75, 3.05) is 11.9 Å². The average Bonchev–Trinajstić information content (AvgIpc) is 3.31. The van der Waals surface area contributed by atoms with Crippen LogP contribution in [0, 0.1) is 12.8 Å². The van der Waals surface area contributed by atoms with Crippen molar-refractivity contribution in [1.29, 1.82) is 0 Å². The van der Waals surface area contributed by atoms with Crippen LogP contribution in [0.5, 0.6) is 5.75 Å². The van der Waals surface area contributed by atoms with Crippen LogP contribution in [0.1, 0.15) is 31.4 Å². The summed E-state index contributed by atoms with van der Waals surface area (Å²) in [4.78, 5) is 4.22. The number of nitrogens with zero attached hydrogens (tertiary/aromatic N) is 4. The van der Waals surface area contributed by atoms with Crippen LogP contribution in [0.4, 0.5) is 5.82 Å². The van der Waals surface area contributed by atoms with Crippen molar-refractivity contribution in [3.8, 4) is 22.7 Å². The van der Waals surface area contributed by atoms with Crippen LogP contribution in [0.3, 0.4) is 0 Å². The van der Waals surface area contributed by atoms with E-state index >= 15 is 0 Å². The van der Waals surface area contributed by atoms with E-state index in [1.807, 2.05) is 42.0 Å². The van der Waals surface area contributed by atoms with Gasteiger partial charge in [-0.05, 0) is 62.8 Å². The second-order valence-electron chi connectivity index (χ2n) is 8.28. The zero-order chi connectivity index (χ0) is 19.8. The molecule has 29 heavy (non-hydrogen) atoms. The molecule has 5 rings (SSSR count). The van der Waals surface area contributed by atoms with Gasteiger partial charge in [0.1, 0.15) is 11.6 Å². The van der Waals surface area contributed by atoms with E-state index in [4.69, 9.17) is 0 Å². The molecule has 2 bridgehead atoms. The first-order valence-electron chi connectivity index (χ1n) is 10.3. The summed E-state index contributed by atoms with van der Waals surface area (Å²) < 4.78 is 1.88. The summed E-state index contributed by atoms with van der Waals surface area (Å²) in [6.07, 6.45) is 8.77. The molecule has 0 radical (unpaired) electrons. The largest absolute Gasteiger partial charge is 0.507 e. The summed E-state index contributed by atoms with van der Waals surface area (Å²) in [7, 11) is 0. The first-order valence-corrected chi connectivity index (χ1v) is 10.3. The van der Waals surface area contributed by atoms with E-state index in [2.05, 4.69) is 25.8 Å². The molecule has 2 atom stereocenters. The van der Waals surface area contributed by atoms with Crippen LogP contribution in [0.15, 0.2) is 42.9 Å². The normalized spacial score (nSPS) is 23.3. The third-order valence-electron chi connectivity index (χ3n) is 6.07. The second kappa shape index (κ2) is 7.48. The maximum absolute atomic E-state index is 10.5. The van der Waals surface area contributed by atoms with E-state index in [0.717, 1.165) is 23.7 Å². The van der Waals surface area contributed by atoms with Gasteiger partial charge in [0.25, 0.3) is 0 Å². The average molecular weight is 390 g/mol. The molecule has 7 nitrogen and oxygen atoms in total. The van der Waals surface area contributed by atoms with Gasteiger partial charge in [0.2, 0.25) is 0 Å². The number of hydrogen-bond donors (Lipinski definition) is 3. The lowest BCUT2D eigenvalue weighted by atomic mass is 9.92. The van der Waals surface area contributed by atoms with E-state index in [0.29, 0.717) is 29.3 Å². The van der Waals surface area contributed by atoms with Crippen molar-refractivity contribution < 1.29 is 5.11 Å². The van der Waals surface area contributed by atoms with Crippen LogP contribution in [0.2, 0.25) is 0 Å². The highest BCUT2D eigenvalue weighted by molar-refractivity contribution is 5.68. The summed E-state index contributed by atoms with van der Waals surface area (Å²) in [6.45, 7) is 2.87. The second-order valence-corrected chi connectivity index (χ2v) is 8.28. The Morgan fingerprint density at radius 2 is 1.97 bits per heavy atom. The van der Waals surface area contributed by atoms with Crippen molar-refractivity contribution >= 4 is 5.82 Å². The van der Waals surface area contributed by atoms with Gasteiger partial charge in [-0.2, -0.15) is 0 Å². The Hall–Kier alpha value is -2.93. The van der Waals surface area contributed by atoms with Gasteiger partial charge in [0.15, 0.2) is 0 Å². The van der Waals surface area contributed by atoms with Crippen LogP contribution in [-0.2, 0) is 0 Å². The predicted octanol–water partition coefficient (Wildman–Crippen LogP) is 3.29. The zero-order valence-electron chi connectivity index (χ0n) is 16.5. The van der Waals surface area contributed by atoms with Crippen molar-refractivity contribution in [3.05, 3.63) is 48.5 Å². The summed E-state index contributed by atoms with van der Waals surface area (Å²) in [5.41, 5.74) is 3.11. The van der Waals surface area contributed by atoms with E-state index < -0.39 is 0 Å². The molecule has 2 aromatic heterocycles. The topological polar surface area (TPSA) is 87.9 Å². The summed E-state index contributed by atoms with van der Waals surface area (Å²) in [6, 6.07) is 10.8. The van der Waals surface area contributed by atoms with Crippen LogP contribution in [-0.4, -0.2) is 43.5 Å². The maximum atomic E-state index is 10.5. The minimum absolute atomic E-state index is 0.175. The molecule has 1 aromatic carbocycles. The Bertz CT molecular complexity index is 987. The van der Waals surface area contributed by atoms with Gasteiger partial charge in [-0.25, -0.2) is 4.98 Å². The number of phenolic OH excluding ortho intramolecular Hbond substituents is 1. The first kappa shape index (κ1) is 18.1. The van der Waals surface area contributed by atoms with E-state index in [-0.39, 0.29) is 5.75 Å². The summed E-state index contributed by atoms with van der Waals surface area (Å²) in [5.74, 6) is 1.65. The molecule has 0 saturated carbocycles. The SMILES string of the molecule is Cc1cn(-c2ccc(-c3ccc(NCC4CC5CCC(C4)N5)nn3)c(O)c2)cn1. The predicted molar refractivity (Wildman–Crippen MR) is 112 cm³/mol. The number of phenols is 1. The molecule has 4 heterocycles. The molecular weight excluding hydrogens is 364 g/mol. The fraction of sp³-hybridized carbons (Fsp3) is 0.409. The monoisotopic (exact) mass is 390 g/mol. The van der Waals surface area contributed by atoms with Crippen LogP contribution < -0.4 is 10.6 Å². The molecule has 2 aliphatic rings. The van der Waals surface area contributed by atoms with Gasteiger partial charge in [-0.15, -0.1) is 10.2 Å². The molecule has 2 saturated heterocycles. The Morgan fingerprint density at radius 1 is 1.14 bits per heavy atom. The Kier molecular flexibility index (Phi) is 4.67. The molecule has 0 spiro atoms. The highest BCUT2D eigenvalue weighted by Gasteiger charge is 2.33. The molecule has 3 N–H and O–H groups in total. The zero-order valence-corrected chi connectivity index (χ0v) is 16.5. The number of nitrogens with one attached hydrogen (secondary N) is 2. The van der Waals surface area contributed by atoms with E-state index in [9.17, 15) is 5.11 Å². The number of imidazole rings is 1. The van der Waals surface area contributed by atoms with Gasteiger partial charge in [0.05, 0.1) is 23.4 Å². The Labute approximate surface area is 170 Å². The van der Waals surface area contributed by atoms with Crippen molar-refractivity contribution in [2.45, 2.75) is 44.7 Å². The fourth-order valence-electron chi connectivity index (χ4n) is 4.62. The molecule has 0 amide bonds. The molecule has 2 fully saturated rings. The number of aromatic nitrogens is 4. The number of hydrogen-bond acceptors (Lipinski definition) is 6. The number of fused-ring (bicyclic) bond motifs is 2. The number of rotatable bonds is 5. The van der Waals surface area contributed by atoms with Gasteiger partial charge in [0, 0.05) is 36.5 Å². The fourth-order valence-corrected chi connectivity index (χ4v) is 4.62. The Balaban J connectivity index is 1.25. The quantitative estimate of drug-likeness (QED) is 0.620. The summed E-state index contributed by atoms with van der Waals surface area (Å²) in [5, 5.41) is 26.2. The molecular formula is C22H26N6O. The number of aromatic hydroxyl groups is 1. The highest BCUT2D eigenvalue weighted by Crippen LogP contribution is 2.32. The van der Waals surface area contributed by atoms with Crippen molar-refractivity contribution in [3.63, 3.8) is 0 Å². The Morgan fingerprint density at radius 3 is 2.62 bits per heavy atom. The summed E-state index contributed by atoms with van der Waals surface area (Å²) >= 11 is 0. The molecule has 150 valence electrons. The van der Waals surface area contributed by atoms with Gasteiger partial charge < -0.3 is 20.3 Å². The number of benzene rings is 1. The minimum atomic E-state index is 0.175. The molecule has 2 aliphatic heterocycles. The third kappa shape index (κ3) is 3.82. The van der Waals surface area contributed by atoms with Gasteiger partial charge in [-0.1, -0.05) is 0 Å². The lowest BCUT2D eigenvalue weighted by molar-refractivity contribution is 0.311. The number of piperidine rings is 1. The number of aryl methyl sites for hydroxylation is 1. The van der Waals surface area contributed by atoms with Gasteiger partial charge in [-0.3, -0.25) is 0 Å². The molecule has 7 heteroatoms. The smallest absolute Gasteiger partial charge is 0.148 e. The lowest BCUT2D eigenvalue weighted by Crippen LogP contribution is -2.40. The third-order valence-corrected chi connectivity index (χ3v) is 6.07. The van der Waals surface area contributed by atoms with Crippen LogP contribution in [0.25, 0.3) is 16.9 Å². The minimum Gasteiger partial charge on any atom is -0.507 e. The first-order chi connectivity index (χ1) is 14.1. The van der Waals surface area contributed by atoms with Gasteiger partial charge >= 0.3 is 0 Å². The standard InChI is InChI=1S/C22H26N6O/c1-14-12-28(13-24-14)18-4-5-19(21(29)10-18)20-6-7-22(27-26-20)23-11-15-8-16-2-3-17(9-15)25-16/h4-7,10,12-13,15-17,25,29H,2-3,8-9,11H2,1H3,(H,23,27).